The second-order valence-electron chi connectivity index (χ2n) is 4.28. The molecule has 0 spiro atoms. The highest BCUT2D eigenvalue weighted by molar-refractivity contribution is 5.28. The Balaban J connectivity index is 2.03. The number of hydrogen-bond donors (Lipinski definition) is 1. The molecular formula is C13H19N5O. The lowest BCUT2D eigenvalue weighted by Gasteiger charge is -2.07. The maximum Gasteiger partial charge on any atom is 0.165 e. The van der Waals surface area contributed by atoms with Crippen molar-refractivity contribution in [2.75, 3.05) is 13.7 Å². The number of nitrogens with zero attached hydrogens (tertiary/aromatic N) is 4. The summed E-state index contributed by atoms with van der Waals surface area (Å²) in [5.41, 5.74) is 1.11. The van der Waals surface area contributed by atoms with Crippen LogP contribution in [0.25, 0.3) is 0 Å². The molecule has 0 aliphatic heterocycles. The van der Waals surface area contributed by atoms with E-state index in [1.807, 2.05) is 24.3 Å². The zero-order valence-electron chi connectivity index (χ0n) is 11.3. The third-order valence-corrected chi connectivity index (χ3v) is 2.78. The molecule has 2 rings (SSSR count). The van der Waals surface area contributed by atoms with E-state index < -0.39 is 0 Å². The molecule has 102 valence electrons. The van der Waals surface area contributed by atoms with Gasteiger partial charge in [0.2, 0.25) is 0 Å². The molecule has 6 nitrogen and oxygen atoms in total. The van der Waals surface area contributed by atoms with Crippen molar-refractivity contribution in [1.82, 2.24) is 25.5 Å². The summed E-state index contributed by atoms with van der Waals surface area (Å²) in [6, 6.07) is 7.92. The van der Waals surface area contributed by atoms with Crippen LogP contribution in [-0.2, 0) is 13.1 Å². The summed E-state index contributed by atoms with van der Waals surface area (Å²) in [5, 5.41) is 15.1. The average Bonchev–Trinajstić information content (AvgIpc) is 2.87. The number of benzene rings is 1. The first-order chi connectivity index (χ1) is 9.33. The monoisotopic (exact) mass is 261 g/mol. The molecule has 2 aromatic rings. The molecule has 0 fully saturated rings. The van der Waals surface area contributed by atoms with Gasteiger partial charge in [0, 0.05) is 0 Å². The fourth-order valence-corrected chi connectivity index (χ4v) is 1.79. The summed E-state index contributed by atoms with van der Waals surface area (Å²) in [7, 11) is 1.66. The van der Waals surface area contributed by atoms with E-state index in [1.165, 1.54) is 0 Å². The quantitative estimate of drug-likeness (QED) is 0.759. The molecular weight excluding hydrogens is 242 g/mol. The summed E-state index contributed by atoms with van der Waals surface area (Å²) in [5.74, 6) is 1.69. The van der Waals surface area contributed by atoms with Crippen molar-refractivity contribution in [2.24, 2.45) is 0 Å². The van der Waals surface area contributed by atoms with Gasteiger partial charge in [0.15, 0.2) is 5.82 Å². The van der Waals surface area contributed by atoms with E-state index in [0.717, 1.165) is 30.1 Å². The molecule has 0 atom stereocenters. The van der Waals surface area contributed by atoms with Crippen molar-refractivity contribution in [1.29, 1.82) is 0 Å². The fourth-order valence-electron chi connectivity index (χ4n) is 1.79. The lowest BCUT2D eigenvalue weighted by Crippen LogP contribution is -2.18. The van der Waals surface area contributed by atoms with Crippen molar-refractivity contribution in [3.8, 4) is 5.75 Å². The van der Waals surface area contributed by atoms with Gasteiger partial charge in [0.1, 0.15) is 5.75 Å². The normalized spacial score (nSPS) is 10.6. The van der Waals surface area contributed by atoms with Crippen LogP contribution in [0, 0.1) is 0 Å². The van der Waals surface area contributed by atoms with Crippen molar-refractivity contribution >= 4 is 0 Å². The Bertz CT molecular complexity index is 511. The summed E-state index contributed by atoms with van der Waals surface area (Å²) in [6.07, 6.45) is 1.09. The molecule has 1 N–H and O–H groups in total. The summed E-state index contributed by atoms with van der Waals surface area (Å²) < 4.78 is 7.01. The summed E-state index contributed by atoms with van der Waals surface area (Å²) in [4.78, 5) is 0. The van der Waals surface area contributed by atoms with Crippen LogP contribution in [0.5, 0.6) is 5.75 Å². The van der Waals surface area contributed by atoms with Gasteiger partial charge in [-0.3, -0.25) is 0 Å². The second-order valence-corrected chi connectivity index (χ2v) is 4.28. The van der Waals surface area contributed by atoms with Gasteiger partial charge in [-0.15, -0.1) is 5.10 Å². The van der Waals surface area contributed by atoms with Gasteiger partial charge >= 0.3 is 0 Å². The van der Waals surface area contributed by atoms with Gasteiger partial charge < -0.3 is 10.1 Å². The molecule has 0 unspecified atom stereocenters. The Morgan fingerprint density at radius 2 is 2.26 bits per heavy atom. The molecule has 0 radical (unpaired) electrons. The van der Waals surface area contributed by atoms with E-state index in [2.05, 4.69) is 27.8 Å². The van der Waals surface area contributed by atoms with E-state index in [4.69, 9.17) is 4.74 Å². The predicted octanol–water partition coefficient (Wildman–Crippen LogP) is 1.23. The smallest absolute Gasteiger partial charge is 0.165 e. The van der Waals surface area contributed by atoms with Crippen LogP contribution in [0.2, 0.25) is 0 Å². The summed E-state index contributed by atoms with van der Waals surface area (Å²) in [6.45, 7) is 4.43. The summed E-state index contributed by atoms with van der Waals surface area (Å²) >= 11 is 0. The Morgan fingerprint density at radius 3 is 3.05 bits per heavy atom. The third kappa shape index (κ3) is 3.75. The molecule has 0 amide bonds. The first kappa shape index (κ1) is 13.5. The van der Waals surface area contributed by atoms with Gasteiger partial charge in [-0.1, -0.05) is 19.1 Å². The van der Waals surface area contributed by atoms with Gasteiger partial charge in [-0.2, -0.15) is 0 Å². The standard InChI is InChI=1S/C13H19N5O/c1-3-7-14-9-13-15-16-17-18(13)10-11-5-4-6-12(8-11)19-2/h4-6,8,14H,3,7,9-10H2,1-2H3. The number of aromatic nitrogens is 4. The van der Waals surface area contributed by atoms with Crippen molar-refractivity contribution < 1.29 is 4.74 Å². The van der Waals surface area contributed by atoms with Crippen molar-refractivity contribution in [2.45, 2.75) is 26.4 Å². The molecule has 0 saturated heterocycles. The van der Waals surface area contributed by atoms with Crippen LogP contribution in [0.4, 0.5) is 0 Å². The van der Waals surface area contributed by atoms with Crippen LogP contribution in [-0.4, -0.2) is 33.9 Å². The maximum atomic E-state index is 5.21. The second kappa shape index (κ2) is 6.84. The highest BCUT2D eigenvalue weighted by Gasteiger charge is 2.06. The molecule has 1 heterocycles. The molecule has 19 heavy (non-hydrogen) atoms. The van der Waals surface area contributed by atoms with Crippen molar-refractivity contribution in [3.63, 3.8) is 0 Å². The Morgan fingerprint density at radius 1 is 1.37 bits per heavy atom. The largest absolute Gasteiger partial charge is 0.497 e. The maximum absolute atomic E-state index is 5.21. The van der Waals surface area contributed by atoms with E-state index in [1.54, 1.807) is 11.8 Å². The number of methoxy groups -OCH3 is 1. The molecule has 6 heteroatoms. The van der Waals surface area contributed by atoms with E-state index in [9.17, 15) is 0 Å². The highest BCUT2D eigenvalue weighted by Crippen LogP contribution is 2.13. The highest BCUT2D eigenvalue weighted by atomic mass is 16.5. The van der Waals surface area contributed by atoms with E-state index in [0.29, 0.717) is 13.1 Å². The number of ether oxygens (including phenoxy) is 1. The Labute approximate surface area is 112 Å². The fraction of sp³-hybridized carbons (Fsp3) is 0.462. The zero-order chi connectivity index (χ0) is 13.5. The lowest BCUT2D eigenvalue weighted by molar-refractivity contribution is 0.414. The Hall–Kier alpha value is -1.95. The number of tetrazole rings is 1. The van der Waals surface area contributed by atoms with Crippen LogP contribution < -0.4 is 10.1 Å². The van der Waals surface area contributed by atoms with Crippen LogP contribution in [0.15, 0.2) is 24.3 Å². The van der Waals surface area contributed by atoms with Gasteiger partial charge in [-0.25, -0.2) is 4.68 Å². The first-order valence-electron chi connectivity index (χ1n) is 6.42. The van der Waals surface area contributed by atoms with Gasteiger partial charge in [-0.05, 0) is 41.1 Å². The minimum absolute atomic E-state index is 0.646. The zero-order valence-corrected chi connectivity index (χ0v) is 11.3. The number of hydrogen-bond acceptors (Lipinski definition) is 5. The SMILES string of the molecule is CCCNCc1nnnn1Cc1cccc(OC)c1. The van der Waals surface area contributed by atoms with Gasteiger partial charge in [0.25, 0.3) is 0 Å². The predicted molar refractivity (Wildman–Crippen MR) is 71.9 cm³/mol. The molecule has 0 saturated carbocycles. The van der Waals surface area contributed by atoms with Crippen molar-refractivity contribution in [3.05, 3.63) is 35.7 Å². The molecule has 1 aromatic heterocycles. The average molecular weight is 261 g/mol. The van der Waals surface area contributed by atoms with E-state index >= 15 is 0 Å². The Kier molecular flexibility index (Phi) is 4.85. The van der Waals surface area contributed by atoms with Crippen LogP contribution in [0.3, 0.4) is 0 Å². The molecule has 0 aliphatic carbocycles. The minimum Gasteiger partial charge on any atom is -0.497 e. The first-order valence-corrected chi connectivity index (χ1v) is 6.42. The minimum atomic E-state index is 0.646. The third-order valence-electron chi connectivity index (χ3n) is 2.78. The number of rotatable bonds is 7. The molecule has 0 bridgehead atoms. The molecule has 0 aliphatic rings. The van der Waals surface area contributed by atoms with E-state index in [-0.39, 0.29) is 0 Å². The van der Waals surface area contributed by atoms with Gasteiger partial charge in [0.05, 0.1) is 20.2 Å². The lowest BCUT2D eigenvalue weighted by atomic mass is 10.2. The number of nitrogens with one attached hydrogen (secondary N) is 1. The molecule has 1 aromatic carbocycles. The van der Waals surface area contributed by atoms with Crippen LogP contribution in [0.1, 0.15) is 24.7 Å². The van der Waals surface area contributed by atoms with Crippen LogP contribution >= 0.6 is 0 Å². The topological polar surface area (TPSA) is 64.9 Å².